The topological polar surface area (TPSA) is 72.2 Å². The van der Waals surface area contributed by atoms with Crippen molar-refractivity contribution in [1.82, 2.24) is 20.2 Å². The first kappa shape index (κ1) is 13.9. The maximum Gasteiger partial charge on any atom is 0.236 e. The van der Waals surface area contributed by atoms with Gasteiger partial charge in [-0.1, -0.05) is 15.9 Å². The fraction of sp³-hybridized carbons (Fsp3) is 0.286. The number of carbonyl (C=O) groups excluding carboxylic acids is 1. The Hall–Kier alpha value is -2.02. The summed E-state index contributed by atoms with van der Waals surface area (Å²) < 4.78 is 3.00. The van der Waals surface area contributed by atoms with Crippen LogP contribution in [0.4, 0.5) is 0 Å². The van der Waals surface area contributed by atoms with Crippen molar-refractivity contribution in [2.75, 3.05) is 0 Å². The molecule has 1 aliphatic heterocycles. The number of hydrazone groups is 1. The summed E-state index contributed by atoms with van der Waals surface area (Å²) in [5.41, 5.74) is 5.32. The molecule has 0 radical (unpaired) electrons. The molecule has 6 nitrogen and oxygen atoms in total. The molecule has 1 amide bonds. The fourth-order valence-electron chi connectivity index (χ4n) is 2.44. The fourth-order valence-corrected chi connectivity index (χ4v) is 2.80. The zero-order chi connectivity index (χ0) is 15.0. The van der Waals surface area contributed by atoms with E-state index in [1.807, 2.05) is 29.7 Å². The van der Waals surface area contributed by atoms with Crippen LogP contribution in [0.5, 0.6) is 0 Å². The molecule has 21 heavy (non-hydrogen) atoms. The van der Waals surface area contributed by atoms with Gasteiger partial charge in [0.25, 0.3) is 0 Å². The zero-order valence-electron chi connectivity index (χ0n) is 11.7. The molecule has 3 rings (SSSR count). The molecule has 0 aliphatic carbocycles. The normalized spacial score (nSPS) is 15.3. The van der Waals surface area contributed by atoms with Crippen LogP contribution in [0.3, 0.4) is 0 Å². The highest BCUT2D eigenvalue weighted by Crippen LogP contribution is 2.27. The number of amides is 1. The lowest BCUT2D eigenvalue weighted by atomic mass is 10.1. The minimum Gasteiger partial charge on any atom is -0.283 e. The largest absolute Gasteiger partial charge is 0.283 e. The number of rotatable bonds is 1. The molecule has 0 fully saturated rings. The van der Waals surface area contributed by atoms with Crippen LogP contribution >= 0.6 is 15.9 Å². The van der Waals surface area contributed by atoms with Crippen molar-refractivity contribution in [3.05, 3.63) is 39.9 Å². The Balaban J connectivity index is 2.19. The molecular weight excluding hydrogens is 334 g/mol. The van der Waals surface area contributed by atoms with E-state index in [0.717, 1.165) is 39.5 Å². The number of halogens is 1. The average Bonchev–Trinajstić information content (AvgIpc) is 2.72. The summed E-state index contributed by atoms with van der Waals surface area (Å²) in [7, 11) is 0. The van der Waals surface area contributed by atoms with Crippen LogP contribution in [0, 0.1) is 6.92 Å². The van der Waals surface area contributed by atoms with Crippen LogP contribution in [0.25, 0.3) is 5.69 Å². The molecule has 0 unspecified atom stereocenters. The number of benzene rings is 1. The van der Waals surface area contributed by atoms with E-state index in [4.69, 9.17) is 0 Å². The molecule has 1 N–H and O–H groups in total. The maximum absolute atomic E-state index is 11.1. The first-order valence-corrected chi connectivity index (χ1v) is 7.40. The Morgan fingerprint density at radius 1 is 1.38 bits per heavy atom. The van der Waals surface area contributed by atoms with E-state index in [2.05, 4.69) is 36.7 Å². The van der Waals surface area contributed by atoms with Crippen LogP contribution in [-0.2, 0) is 11.2 Å². The second-order valence-electron chi connectivity index (χ2n) is 4.89. The van der Waals surface area contributed by atoms with Gasteiger partial charge in [-0.05, 0) is 31.5 Å². The van der Waals surface area contributed by atoms with Crippen LogP contribution in [-0.4, -0.2) is 26.4 Å². The van der Waals surface area contributed by atoms with Crippen LogP contribution in [0.15, 0.2) is 27.8 Å². The monoisotopic (exact) mass is 347 g/mol. The molecule has 0 spiro atoms. The van der Waals surface area contributed by atoms with E-state index in [9.17, 15) is 4.79 Å². The van der Waals surface area contributed by atoms with Crippen LogP contribution in [0.1, 0.15) is 30.6 Å². The van der Waals surface area contributed by atoms with Gasteiger partial charge in [0, 0.05) is 23.4 Å². The van der Waals surface area contributed by atoms with E-state index in [1.165, 1.54) is 6.92 Å². The molecule has 0 saturated carbocycles. The smallest absolute Gasteiger partial charge is 0.236 e. The second kappa shape index (κ2) is 5.40. The number of nitrogens with zero attached hydrogens (tertiary/aromatic N) is 4. The number of hydrogen-bond acceptors (Lipinski definition) is 4. The molecule has 0 saturated heterocycles. The van der Waals surface area contributed by atoms with Gasteiger partial charge in [-0.3, -0.25) is 9.36 Å². The Kier molecular flexibility index (Phi) is 3.59. The highest BCUT2D eigenvalue weighted by molar-refractivity contribution is 9.10. The van der Waals surface area contributed by atoms with E-state index in [-0.39, 0.29) is 5.91 Å². The number of hydrogen-bond donors (Lipinski definition) is 1. The minimum atomic E-state index is -0.182. The summed E-state index contributed by atoms with van der Waals surface area (Å²) >= 11 is 3.49. The SMILES string of the molecule is CC(=O)N/N=C1/CCc2nnc(C)n2-c2ccc(Br)cc21. The predicted octanol–water partition coefficient (Wildman–Crippen LogP) is 2.12. The average molecular weight is 348 g/mol. The Morgan fingerprint density at radius 2 is 2.19 bits per heavy atom. The van der Waals surface area contributed by atoms with Gasteiger partial charge in [0.15, 0.2) is 0 Å². The Bertz CT molecular complexity index is 750. The summed E-state index contributed by atoms with van der Waals surface area (Å²) in [6.45, 7) is 3.37. The third-order valence-corrected chi connectivity index (χ3v) is 3.83. The van der Waals surface area contributed by atoms with Crippen molar-refractivity contribution < 1.29 is 4.79 Å². The molecular formula is C14H14BrN5O. The standard InChI is InChI=1S/C14H14BrN5O/c1-8-16-19-14-6-4-12(18-17-9(2)21)11-7-10(15)3-5-13(11)20(8)14/h3,5,7H,4,6H2,1-2H3,(H,17,21)/b18-12-. The van der Waals surface area contributed by atoms with Gasteiger partial charge in [-0.15, -0.1) is 10.2 Å². The van der Waals surface area contributed by atoms with E-state index >= 15 is 0 Å². The Morgan fingerprint density at radius 3 is 2.95 bits per heavy atom. The van der Waals surface area contributed by atoms with Crippen molar-refractivity contribution in [2.45, 2.75) is 26.7 Å². The van der Waals surface area contributed by atoms with Gasteiger partial charge in [-0.25, -0.2) is 5.43 Å². The molecule has 1 aliphatic rings. The van der Waals surface area contributed by atoms with Crippen molar-refractivity contribution in [3.63, 3.8) is 0 Å². The van der Waals surface area contributed by atoms with Gasteiger partial charge in [0.1, 0.15) is 11.6 Å². The van der Waals surface area contributed by atoms with Crippen molar-refractivity contribution in [2.24, 2.45) is 5.10 Å². The second-order valence-corrected chi connectivity index (χ2v) is 5.80. The van der Waals surface area contributed by atoms with E-state index < -0.39 is 0 Å². The third kappa shape index (κ3) is 2.61. The van der Waals surface area contributed by atoms with Gasteiger partial charge in [0.2, 0.25) is 5.91 Å². The summed E-state index contributed by atoms with van der Waals surface area (Å²) in [6, 6.07) is 5.99. The molecule has 2 aromatic rings. The van der Waals surface area contributed by atoms with Gasteiger partial charge in [0.05, 0.1) is 11.4 Å². The number of nitrogens with one attached hydrogen (secondary N) is 1. The molecule has 108 valence electrons. The molecule has 0 bridgehead atoms. The molecule has 0 atom stereocenters. The third-order valence-electron chi connectivity index (χ3n) is 3.34. The van der Waals surface area contributed by atoms with Gasteiger partial charge >= 0.3 is 0 Å². The number of carbonyl (C=O) groups is 1. The van der Waals surface area contributed by atoms with Crippen molar-refractivity contribution in [1.29, 1.82) is 0 Å². The van der Waals surface area contributed by atoms with Crippen LogP contribution in [0.2, 0.25) is 0 Å². The molecule has 1 aromatic carbocycles. The summed E-state index contributed by atoms with van der Waals surface area (Å²) in [4.78, 5) is 11.1. The number of aryl methyl sites for hydroxylation is 2. The minimum absolute atomic E-state index is 0.182. The van der Waals surface area contributed by atoms with E-state index in [0.29, 0.717) is 6.42 Å². The zero-order valence-corrected chi connectivity index (χ0v) is 13.3. The predicted molar refractivity (Wildman–Crippen MR) is 82.5 cm³/mol. The van der Waals surface area contributed by atoms with Gasteiger partial charge in [-0.2, -0.15) is 5.10 Å². The van der Waals surface area contributed by atoms with Gasteiger partial charge < -0.3 is 0 Å². The summed E-state index contributed by atoms with van der Waals surface area (Å²) in [5.74, 6) is 1.57. The molecule has 2 heterocycles. The van der Waals surface area contributed by atoms with E-state index in [1.54, 1.807) is 0 Å². The highest BCUT2D eigenvalue weighted by Gasteiger charge is 2.22. The summed E-state index contributed by atoms with van der Waals surface area (Å²) in [6.07, 6.45) is 1.42. The lowest BCUT2D eigenvalue weighted by Gasteiger charge is -2.11. The lowest BCUT2D eigenvalue weighted by molar-refractivity contribution is -0.118. The number of aromatic nitrogens is 3. The maximum atomic E-state index is 11.1. The quantitative estimate of drug-likeness (QED) is 0.803. The summed E-state index contributed by atoms with van der Waals surface area (Å²) in [5, 5.41) is 12.6. The number of fused-ring (bicyclic) bond motifs is 3. The van der Waals surface area contributed by atoms with Crippen molar-refractivity contribution >= 4 is 27.5 Å². The Labute approximate surface area is 130 Å². The highest BCUT2D eigenvalue weighted by atomic mass is 79.9. The first-order chi connectivity index (χ1) is 10.1. The first-order valence-electron chi connectivity index (χ1n) is 6.60. The molecule has 1 aromatic heterocycles. The lowest BCUT2D eigenvalue weighted by Crippen LogP contribution is -2.17. The van der Waals surface area contributed by atoms with Crippen molar-refractivity contribution in [3.8, 4) is 5.69 Å². The molecule has 7 heteroatoms. The van der Waals surface area contributed by atoms with Crippen LogP contribution < -0.4 is 5.43 Å².